The van der Waals surface area contributed by atoms with E-state index in [-0.39, 0.29) is 5.91 Å². The summed E-state index contributed by atoms with van der Waals surface area (Å²) in [7, 11) is 0. The first-order valence-corrected chi connectivity index (χ1v) is 11.2. The largest absolute Gasteiger partial charge is 0.349 e. The summed E-state index contributed by atoms with van der Waals surface area (Å²) in [4.78, 5) is 15.2. The Kier molecular flexibility index (Phi) is 4.95. The first-order chi connectivity index (χ1) is 13.3. The number of rotatable bonds is 6. The topological polar surface area (TPSA) is 44.4 Å². The second kappa shape index (κ2) is 7.56. The lowest BCUT2D eigenvalue weighted by Gasteiger charge is -2.32. The maximum atomic E-state index is 12.6. The number of amides is 1. The Labute approximate surface area is 163 Å². The van der Waals surface area contributed by atoms with Crippen LogP contribution in [0.2, 0.25) is 0 Å². The minimum absolute atomic E-state index is 0.112. The molecule has 0 aromatic heterocycles. The van der Waals surface area contributed by atoms with Gasteiger partial charge in [0.25, 0.3) is 5.91 Å². The van der Waals surface area contributed by atoms with Crippen LogP contribution in [0.5, 0.6) is 0 Å². The van der Waals surface area contributed by atoms with Gasteiger partial charge in [0.2, 0.25) is 0 Å². The zero-order valence-electron chi connectivity index (χ0n) is 16.3. The van der Waals surface area contributed by atoms with Gasteiger partial charge in [-0.1, -0.05) is 25.0 Å². The molecule has 0 spiro atoms. The zero-order chi connectivity index (χ0) is 18.2. The van der Waals surface area contributed by atoms with E-state index >= 15 is 0 Å². The highest BCUT2D eigenvalue weighted by Crippen LogP contribution is 2.42. The summed E-state index contributed by atoms with van der Waals surface area (Å²) >= 11 is 0. The summed E-state index contributed by atoms with van der Waals surface area (Å²) in [5, 5.41) is 7.12. The molecule has 1 heterocycles. The van der Waals surface area contributed by atoms with Crippen molar-refractivity contribution in [2.75, 3.05) is 13.1 Å². The Morgan fingerprint density at radius 2 is 1.74 bits per heavy atom. The van der Waals surface area contributed by atoms with Crippen molar-refractivity contribution in [1.82, 2.24) is 15.5 Å². The fraction of sp³-hybridized carbons (Fsp3) is 0.696. The van der Waals surface area contributed by atoms with E-state index in [9.17, 15) is 4.79 Å². The molecular formula is C23H33N3O. The monoisotopic (exact) mass is 367 g/mol. The number of hydrogen-bond donors (Lipinski definition) is 2. The molecule has 0 radical (unpaired) electrons. The van der Waals surface area contributed by atoms with Crippen molar-refractivity contribution in [2.24, 2.45) is 0 Å². The molecule has 5 rings (SSSR count). The maximum Gasteiger partial charge on any atom is 0.251 e. The summed E-state index contributed by atoms with van der Waals surface area (Å²) in [5.74, 6) is 0.701. The predicted octanol–water partition coefficient (Wildman–Crippen LogP) is 3.43. The summed E-state index contributed by atoms with van der Waals surface area (Å²) < 4.78 is 0. The summed E-state index contributed by atoms with van der Waals surface area (Å²) in [6, 6.07) is 10.9. The molecule has 0 bridgehead atoms. The molecule has 1 amide bonds. The van der Waals surface area contributed by atoms with Gasteiger partial charge >= 0.3 is 0 Å². The van der Waals surface area contributed by atoms with Crippen LogP contribution < -0.4 is 10.6 Å². The molecule has 2 atom stereocenters. The summed E-state index contributed by atoms with van der Waals surface area (Å²) in [5.41, 5.74) is 2.17. The van der Waals surface area contributed by atoms with Crippen molar-refractivity contribution in [1.29, 1.82) is 0 Å². The molecule has 4 fully saturated rings. The van der Waals surface area contributed by atoms with Gasteiger partial charge in [0.05, 0.1) is 0 Å². The van der Waals surface area contributed by atoms with Crippen LogP contribution in [0.15, 0.2) is 24.3 Å². The summed E-state index contributed by atoms with van der Waals surface area (Å²) in [6.45, 7) is 2.55. The molecule has 4 heteroatoms. The molecule has 3 saturated carbocycles. The molecule has 4 aliphatic rings. The van der Waals surface area contributed by atoms with E-state index in [4.69, 9.17) is 0 Å². The fourth-order valence-electron chi connectivity index (χ4n) is 5.17. The van der Waals surface area contributed by atoms with Gasteiger partial charge in [-0.15, -0.1) is 0 Å². The second-order valence-corrected chi connectivity index (χ2v) is 9.24. The highest BCUT2D eigenvalue weighted by Gasteiger charge is 2.40. The van der Waals surface area contributed by atoms with Crippen LogP contribution in [-0.2, 0) is 0 Å². The number of nitrogens with zero attached hydrogens (tertiary/aromatic N) is 1. The van der Waals surface area contributed by atoms with Crippen LogP contribution in [-0.4, -0.2) is 48.1 Å². The lowest BCUT2D eigenvalue weighted by atomic mass is 10.0. The number of likely N-dealkylation sites (tertiary alicyclic amines) is 1. The Hall–Kier alpha value is -1.39. The SMILES string of the molecule is O=C(NC1CCCC1)c1cccc([C@@H]2C[C@H]2NC2CCN(C3CC3)CC2)c1. The maximum absolute atomic E-state index is 12.6. The van der Waals surface area contributed by atoms with Crippen LogP contribution in [0.4, 0.5) is 0 Å². The van der Waals surface area contributed by atoms with E-state index in [1.54, 1.807) is 0 Å². The van der Waals surface area contributed by atoms with E-state index in [0.717, 1.165) is 24.4 Å². The quantitative estimate of drug-likeness (QED) is 0.810. The van der Waals surface area contributed by atoms with E-state index in [2.05, 4.69) is 33.7 Å². The Bertz CT molecular complexity index is 672. The van der Waals surface area contributed by atoms with Crippen molar-refractivity contribution in [2.45, 2.75) is 87.9 Å². The van der Waals surface area contributed by atoms with Crippen LogP contribution in [0.3, 0.4) is 0 Å². The number of carbonyl (C=O) groups is 1. The average molecular weight is 368 g/mol. The molecular weight excluding hydrogens is 334 g/mol. The fourth-order valence-corrected chi connectivity index (χ4v) is 5.17. The van der Waals surface area contributed by atoms with Crippen molar-refractivity contribution in [3.05, 3.63) is 35.4 Å². The minimum atomic E-state index is 0.112. The number of hydrogen-bond acceptors (Lipinski definition) is 3. The second-order valence-electron chi connectivity index (χ2n) is 9.24. The zero-order valence-corrected chi connectivity index (χ0v) is 16.3. The third-order valence-electron chi connectivity index (χ3n) is 7.10. The van der Waals surface area contributed by atoms with Gasteiger partial charge in [0, 0.05) is 35.6 Å². The average Bonchev–Trinajstić information content (AvgIpc) is 3.62. The molecule has 4 nitrogen and oxygen atoms in total. The van der Waals surface area contributed by atoms with E-state index < -0.39 is 0 Å². The predicted molar refractivity (Wildman–Crippen MR) is 108 cm³/mol. The molecule has 2 N–H and O–H groups in total. The van der Waals surface area contributed by atoms with E-state index in [1.165, 1.54) is 63.6 Å². The van der Waals surface area contributed by atoms with Gasteiger partial charge in [-0.3, -0.25) is 4.79 Å². The number of nitrogens with one attached hydrogen (secondary N) is 2. The number of carbonyl (C=O) groups excluding carboxylic acids is 1. The van der Waals surface area contributed by atoms with Gasteiger partial charge in [-0.2, -0.15) is 0 Å². The third-order valence-corrected chi connectivity index (χ3v) is 7.10. The molecule has 146 valence electrons. The van der Waals surface area contributed by atoms with Gasteiger partial charge in [-0.05, 0) is 75.7 Å². The Morgan fingerprint density at radius 3 is 2.48 bits per heavy atom. The normalized spacial score (nSPS) is 29.8. The first kappa shape index (κ1) is 17.7. The molecule has 27 heavy (non-hydrogen) atoms. The first-order valence-electron chi connectivity index (χ1n) is 11.2. The third kappa shape index (κ3) is 4.22. The highest BCUT2D eigenvalue weighted by atomic mass is 16.1. The standard InChI is InChI=1S/C23H33N3O/c27-23(25-18-6-1-2-7-18)17-5-3-4-16(14-17)21-15-22(21)24-19-10-12-26(13-11-19)20-8-9-20/h3-5,14,18-22,24H,1-2,6-13,15H2,(H,25,27)/t21-,22+/m0/s1. The molecule has 1 aromatic rings. The van der Waals surface area contributed by atoms with Gasteiger partial charge < -0.3 is 15.5 Å². The Morgan fingerprint density at radius 1 is 0.963 bits per heavy atom. The molecule has 0 unspecified atom stereocenters. The lowest BCUT2D eigenvalue weighted by molar-refractivity contribution is 0.0938. The van der Waals surface area contributed by atoms with Crippen LogP contribution in [0, 0.1) is 0 Å². The smallest absolute Gasteiger partial charge is 0.251 e. The van der Waals surface area contributed by atoms with E-state index in [1.807, 2.05) is 6.07 Å². The van der Waals surface area contributed by atoms with Gasteiger partial charge in [-0.25, -0.2) is 0 Å². The van der Waals surface area contributed by atoms with Crippen molar-refractivity contribution >= 4 is 5.91 Å². The molecule has 1 saturated heterocycles. The van der Waals surface area contributed by atoms with Gasteiger partial charge in [0.1, 0.15) is 0 Å². The summed E-state index contributed by atoms with van der Waals surface area (Å²) in [6.07, 6.45) is 11.4. The molecule has 1 aliphatic heterocycles. The molecule has 3 aliphatic carbocycles. The van der Waals surface area contributed by atoms with Gasteiger partial charge in [0.15, 0.2) is 0 Å². The van der Waals surface area contributed by atoms with E-state index in [0.29, 0.717) is 24.0 Å². The van der Waals surface area contributed by atoms with Crippen LogP contribution in [0.1, 0.15) is 79.6 Å². The van der Waals surface area contributed by atoms with Crippen LogP contribution in [0.25, 0.3) is 0 Å². The number of piperidine rings is 1. The minimum Gasteiger partial charge on any atom is -0.349 e. The number of benzene rings is 1. The highest BCUT2D eigenvalue weighted by molar-refractivity contribution is 5.94. The molecule has 1 aromatic carbocycles. The van der Waals surface area contributed by atoms with Crippen LogP contribution >= 0.6 is 0 Å². The van der Waals surface area contributed by atoms with Crippen molar-refractivity contribution in [3.63, 3.8) is 0 Å². The van der Waals surface area contributed by atoms with Crippen molar-refractivity contribution < 1.29 is 4.79 Å². The lowest BCUT2D eigenvalue weighted by Crippen LogP contribution is -2.44. The van der Waals surface area contributed by atoms with Crippen molar-refractivity contribution in [3.8, 4) is 0 Å². The Balaban J connectivity index is 1.13.